The fourth-order valence-corrected chi connectivity index (χ4v) is 3.01. The fourth-order valence-electron chi connectivity index (χ4n) is 2.30. The quantitative estimate of drug-likeness (QED) is 0.266. The molecule has 0 unspecified atom stereocenters. The second-order valence-corrected chi connectivity index (χ2v) is 6.92. The average Bonchev–Trinajstić information content (AvgIpc) is 3.02. The first-order valence-electron chi connectivity index (χ1n) is 8.38. The fraction of sp³-hybridized carbons (Fsp3) is 0.444. The van der Waals surface area contributed by atoms with Gasteiger partial charge in [-0.05, 0) is 32.4 Å². The van der Waals surface area contributed by atoms with Gasteiger partial charge < -0.3 is 15.5 Å². The van der Waals surface area contributed by atoms with Crippen molar-refractivity contribution in [2.24, 2.45) is 4.99 Å². The van der Waals surface area contributed by atoms with Crippen LogP contribution in [0.1, 0.15) is 23.2 Å². The van der Waals surface area contributed by atoms with E-state index in [9.17, 15) is 0 Å². The van der Waals surface area contributed by atoms with E-state index in [0.29, 0.717) is 6.54 Å². The van der Waals surface area contributed by atoms with Crippen LogP contribution in [0.15, 0.2) is 41.5 Å². The highest BCUT2D eigenvalue weighted by Gasteiger charge is 2.02. The minimum Gasteiger partial charge on any atom is -0.375 e. The molecule has 2 aromatic rings. The molecule has 7 heteroatoms. The van der Waals surface area contributed by atoms with E-state index >= 15 is 0 Å². The SMILES string of the molecule is CCNC(=NCc1ncc(C)s1)NCCCN(C)c1ccccc1.I. The number of aryl methyl sites for hydroxylation is 1. The van der Waals surface area contributed by atoms with Crippen LogP contribution in [-0.2, 0) is 6.54 Å². The van der Waals surface area contributed by atoms with E-state index in [1.807, 2.05) is 12.3 Å². The summed E-state index contributed by atoms with van der Waals surface area (Å²) in [6.07, 6.45) is 2.95. The standard InChI is InChI=1S/C18H27N5S.HI/c1-4-19-18(22-14-17-21-13-15(2)24-17)20-11-8-12-23(3)16-9-6-5-7-10-16;/h5-7,9-10,13H,4,8,11-12,14H2,1-3H3,(H2,19,20,22);1H. The summed E-state index contributed by atoms with van der Waals surface area (Å²) in [7, 11) is 2.12. The Hall–Kier alpha value is -1.35. The maximum Gasteiger partial charge on any atom is 0.191 e. The number of benzene rings is 1. The number of anilines is 1. The third kappa shape index (κ3) is 8.04. The number of hydrogen-bond acceptors (Lipinski definition) is 4. The lowest BCUT2D eigenvalue weighted by Gasteiger charge is -2.19. The summed E-state index contributed by atoms with van der Waals surface area (Å²) in [5, 5.41) is 7.72. The zero-order valence-corrected chi connectivity index (χ0v) is 18.3. The lowest BCUT2D eigenvalue weighted by Crippen LogP contribution is -2.38. The summed E-state index contributed by atoms with van der Waals surface area (Å²) < 4.78 is 0. The molecule has 0 radical (unpaired) electrons. The molecule has 0 aliphatic carbocycles. The van der Waals surface area contributed by atoms with Crippen LogP contribution >= 0.6 is 35.3 Å². The molecule has 0 atom stereocenters. The average molecular weight is 473 g/mol. The maximum atomic E-state index is 4.60. The Labute approximate surface area is 172 Å². The maximum absolute atomic E-state index is 4.60. The van der Waals surface area contributed by atoms with Crippen molar-refractivity contribution in [2.45, 2.75) is 26.8 Å². The molecule has 2 N–H and O–H groups in total. The second kappa shape index (κ2) is 12.1. The van der Waals surface area contributed by atoms with E-state index < -0.39 is 0 Å². The number of halogens is 1. The van der Waals surface area contributed by atoms with Gasteiger partial charge in [-0.15, -0.1) is 35.3 Å². The van der Waals surface area contributed by atoms with E-state index in [4.69, 9.17) is 0 Å². The van der Waals surface area contributed by atoms with Gasteiger partial charge in [-0.3, -0.25) is 0 Å². The lowest BCUT2D eigenvalue weighted by molar-refractivity contribution is 0.730. The number of nitrogens with one attached hydrogen (secondary N) is 2. The Balaban J connectivity index is 0.00000312. The summed E-state index contributed by atoms with van der Waals surface area (Å²) in [5.74, 6) is 0.854. The Kier molecular flexibility index (Phi) is 10.5. The first kappa shape index (κ1) is 21.7. The molecule has 0 aliphatic heterocycles. The normalized spacial score (nSPS) is 10.9. The summed E-state index contributed by atoms with van der Waals surface area (Å²) in [6, 6.07) is 10.5. The number of thiazole rings is 1. The van der Waals surface area contributed by atoms with Gasteiger partial charge in [0.2, 0.25) is 0 Å². The second-order valence-electron chi connectivity index (χ2n) is 5.60. The first-order chi connectivity index (χ1) is 11.7. The third-order valence-corrected chi connectivity index (χ3v) is 4.44. The molecule has 1 heterocycles. The van der Waals surface area contributed by atoms with Gasteiger partial charge in [-0.2, -0.15) is 0 Å². The molecular weight excluding hydrogens is 445 g/mol. The highest BCUT2D eigenvalue weighted by atomic mass is 127. The number of rotatable bonds is 8. The Bertz CT molecular complexity index is 629. The van der Waals surface area contributed by atoms with E-state index in [2.05, 4.69) is 70.7 Å². The van der Waals surface area contributed by atoms with Crippen LogP contribution in [0, 0.1) is 6.92 Å². The van der Waals surface area contributed by atoms with Crippen molar-refractivity contribution in [3.63, 3.8) is 0 Å². The van der Waals surface area contributed by atoms with Gasteiger partial charge in [-0.1, -0.05) is 18.2 Å². The molecule has 0 aliphatic rings. The van der Waals surface area contributed by atoms with Crippen molar-refractivity contribution >= 4 is 47.0 Å². The molecule has 138 valence electrons. The van der Waals surface area contributed by atoms with Gasteiger partial charge >= 0.3 is 0 Å². The molecule has 1 aromatic heterocycles. The first-order valence-corrected chi connectivity index (χ1v) is 9.20. The molecule has 2 rings (SSSR count). The van der Waals surface area contributed by atoms with Gasteiger partial charge in [0.05, 0.1) is 6.54 Å². The van der Waals surface area contributed by atoms with Crippen molar-refractivity contribution < 1.29 is 0 Å². The number of nitrogens with zero attached hydrogens (tertiary/aromatic N) is 3. The molecule has 0 saturated carbocycles. The predicted molar refractivity (Wildman–Crippen MR) is 119 cm³/mol. The van der Waals surface area contributed by atoms with Gasteiger partial charge in [0.25, 0.3) is 0 Å². The van der Waals surface area contributed by atoms with Gasteiger partial charge in [-0.25, -0.2) is 9.98 Å². The van der Waals surface area contributed by atoms with Crippen molar-refractivity contribution in [3.8, 4) is 0 Å². The van der Waals surface area contributed by atoms with E-state index in [1.54, 1.807) is 11.3 Å². The van der Waals surface area contributed by atoms with E-state index in [0.717, 1.165) is 37.0 Å². The van der Waals surface area contributed by atoms with Crippen LogP contribution in [0.25, 0.3) is 0 Å². The van der Waals surface area contributed by atoms with Crippen LogP contribution in [-0.4, -0.2) is 37.6 Å². The molecule has 0 fully saturated rings. The Morgan fingerprint density at radius 1 is 1.24 bits per heavy atom. The van der Waals surface area contributed by atoms with Crippen LogP contribution in [0.5, 0.6) is 0 Å². The zero-order valence-electron chi connectivity index (χ0n) is 15.2. The van der Waals surface area contributed by atoms with Gasteiger partial charge in [0.1, 0.15) is 5.01 Å². The number of aromatic nitrogens is 1. The zero-order chi connectivity index (χ0) is 17.2. The highest BCUT2D eigenvalue weighted by molar-refractivity contribution is 14.0. The number of aliphatic imine (C=N–C) groups is 1. The number of para-hydroxylation sites is 1. The summed E-state index contributed by atoms with van der Waals surface area (Å²) in [6.45, 7) is 7.51. The Morgan fingerprint density at radius 3 is 2.64 bits per heavy atom. The minimum atomic E-state index is 0. The van der Waals surface area contributed by atoms with Crippen molar-refractivity contribution in [2.75, 3.05) is 31.6 Å². The van der Waals surface area contributed by atoms with E-state index in [1.165, 1.54) is 10.6 Å². The minimum absolute atomic E-state index is 0. The smallest absolute Gasteiger partial charge is 0.191 e. The van der Waals surface area contributed by atoms with Crippen LogP contribution in [0.2, 0.25) is 0 Å². The molecule has 0 spiro atoms. The molecule has 0 amide bonds. The van der Waals surface area contributed by atoms with Crippen molar-refractivity contribution in [1.29, 1.82) is 0 Å². The molecule has 0 saturated heterocycles. The summed E-state index contributed by atoms with van der Waals surface area (Å²) in [5.41, 5.74) is 1.25. The van der Waals surface area contributed by atoms with E-state index in [-0.39, 0.29) is 24.0 Å². The Morgan fingerprint density at radius 2 is 2.00 bits per heavy atom. The third-order valence-electron chi connectivity index (χ3n) is 3.55. The van der Waals surface area contributed by atoms with Crippen molar-refractivity contribution in [1.82, 2.24) is 15.6 Å². The number of guanidine groups is 1. The van der Waals surface area contributed by atoms with Gasteiger partial charge in [0.15, 0.2) is 5.96 Å². The topological polar surface area (TPSA) is 52.6 Å². The van der Waals surface area contributed by atoms with Crippen LogP contribution in [0.3, 0.4) is 0 Å². The molecule has 0 bridgehead atoms. The number of hydrogen-bond donors (Lipinski definition) is 2. The largest absolute Gasteiger partial charge is 0.375 e. The predicted octanol–water partition coefficient (Wildman–Crippen LogP) is 3.65. The monoisotopic (exact) mass is 473 g/mol. The van der Waals surface area contributed by atoms with Crippen LogP contribution < -0.4 is 15.5 Å². The molecule has 5 nitrogen and oxygen atoms in total. The van der Waals surface area contributed by atoms with Crippen molar-refractivity contribution in [3.05, 3.63) is 46.4 Å². The molecule has 25 heavy (non-hydrogen) atoms. The molecular formula is C18H28IN5S. The lowest BCUT2D eigenvalue weighted by atomic mass is 10.3. The highest BCUT2D eigenvalue weighted by Crippen LogP contribution is 2.12. The van der Waals surface area contributed by atoms with Gasteiger partial charge in [0, 0.05) is 43.4 Å². The molecule has 1 aromatic carbocycles. The van der Waals surface area contributed by atoms with Crippen LogP contribution in [0.4, 0.5) is 5.69 Å². The summed E-state index contributed by atoms with van der Waals surface area (Å²) in [4.78, 5) is 12.4. The summed E-state index contributed by atoms with van der Waals surface area (Å²) >= 11 is 1.70.